The average Bonchev–Trinajstić information content (AvgIpc) is 2.92. The molecule has 5 heteroatoms. The van der Waals surface area contributed by atoms with Gasteiger partial charge in [-0.3, -0.25) is 9.59 Å². The highest BCUT2D eigenvalue weighted by Gasteiger charge is 2.20. The highest BCUT2D eigenvalue weighted by atomic mass is 32.1. The van der Waals surface area contributed by atoms with Crippen molar-refractivity contribution >= 4 is 23.0 Å². The van der Waals surface area contributed by atoms with E-state index in [9.17, 15) is 9.59 Å². The Morgan fingerprint density at radius 1 is 1.21 bits per heavy atom. The molecule has 24 heavy (non-hydrogen) atoms. The Morgan fingerprint density at radius 3 is 2.50 bits per heavy atom. The van der Waals surface area contributed by atoms with Crippen molar-refractivity contribution < 1.29 is 14.5 Å². The van der Waals surface area contributed by atoms with E-state index in [1.54, 1.807) is 11.3 Å². The maximum atomic E-state index is 12.3. The highest BCUT2D eigenvalue weighted by Crippen LogP contribution is 2.13. The minimum absolute atomic E-state index is 0.0149. The number of thiophene rings is 1. The third-order valence-electron chi connectivity index (χ3n) is 4.00. The van der Waals surface area contributed by atoms with Crippen molar-refractivity contribution in [3.63, 3.8) is 0 Å². The van der Waals surface area contributed by atoms with Gasteiger partial charge in [-0.25, -0.2) is 0 Å². The molecule has 128 valence electrons. The van der Waals surface area contributed by atoms with E-state index in [0.29, 0.717) is 13.0 Å². The van der Waals surface area contributed by atoms with Crippen LogP contribution in [0.25, 0.3) is 0 Å². The summed E-state index contributed by atoms with van der Waals surface area (Å²) in [5, 5.41) is 4.96. The summed E-state index contributed by atoms with van der Waals surface area (Å²) in [6.07, 6.45) is 0.533. The van der Waals surface area contributed by atoms with E-state index in [4.69, 9.17) is 0 Å². The highest BCUT2D eigenvalue weighted by molar-refractivity contribution is 7.10. The Hall–Kier alpha value is -1.98. The molecule has 0 fully saturated rings. The second kappa shape index (κ2) is 8.76. The molecule has 1 aromatic carbocycles. The molecule has 0 radical (unpaired) electrons. The Morgan fingerprint density at radius 2 is 1.92 bits per heavy atom. The van der Waals surface area contributed by atoms with Gasteiger partial charge in [-0.15, -0.1) is 11.3 Å². The van der Waals surface area contributed by atoms with E-state index in [-0.39, 0.29) is 11.7 Å². The zero-order valence-electron chi connectivity index (χ0n) is 14.5. The van der Waals surface area contributed by atoms with E-state index in [1.807, 2.05) is 37.4 Å². The fourth-order valence-corrected chi connectivity index (χ4v) is 3.61. The lowest BCUT2D eigenvalue weighted by Crippen LogP contribution is -3.09. The zero-order valence-corrected chi connectivity index (χ0v) is 15.3. The average molecular weight is 345 g/mol. The minimum Gasteiger partial charge on any atom is -0.341 e. The van der Waals surface area contributed by atoms with Gasteiger partial charge in [0.15, 0.2) is 12.3 Å². The summed E-state index contributed by atoms with van der Waals surface area (Å²) in [4.78, 5) is 26.6. The first-order chi connectivity index (χ1) is 11.5. The van der Waals surface area contributed by atoms with Crippen molar-refractivity contribution in [2.45, 2.75) is 32.9 Å². The minimum atomic E-state index is -0.462. The van der Waals surface area contributed by atoms with Gasteiger partial charge in [-0.1, -0.05) is 30.3 Å². The lowest BCUT2D eigenvalue weighted by Gasteiger charge is -2.18. The van der Waals surface area contributed by atoms with Crippen LogP contribution in [0.3, 0.4) is 0 Å². The summed E-state index contributed by atoms with van der Waals surface area (Å²) in [6.45, 7) is 4.79. The zero-order chi connectivity index (χ0) is 17.5. The SMILES string of the molecule is CC(=O)[C@H](Cc1ccccc1)NC(=O)C[NH+](C)Cc1sccc1C. The molecule has 0 aliphatic carbocycles. The number of hydrogen-bond donors (Lipinski definition) is 2. The van der Waals surface area contributed by atoms with Crippen LogP contribution in [0, 0.1) is 6.92 Å². The molecule has 0 saturated carbocycles. The number of nitrogens with one attached hydrogen (secondary N) is 2. The van der Waals surface area contributed by atoms with Crippen LogP contribution in [0.5, 0.6) is 0 Å². The predicted octanol–water partition coefficient (Wildman–Crippen LogP) is 1.39. The topological polar surface area (TPSA) is 50.6 Å². The summed E-state index contributed by atoms with van der Waals surface area (Å²) < 4.78 is 0. The van der Waals surface area contributed by atoms with Gasteiger partial charge >= 0.3 is 0 Å². The van der Waals surface area contributed by atoms with E-state index in [0.717, 1.165) is 17.0 Å². The maximum absolute atomic E-state index is 12.3. The van der Waals surface area contributed by atoms with Crippen LogP contribution in [0.15, 0.2) is 41.8 Å². The Bertz CT molecular complexity index is 682. The number of amides is 1. The first-order valence-corrected chi connectivity index (χ1v) is 9.01. The molecule has 2 rings (SSSR count). The number of hydrogen-bond acceptors (Lipinski definition) is 3. The monoisotopic (exact) mass is 345 g/mol. The molecular formula is C19H25N2O2S+. The van der Waals surface area contributed by atoms with Gasteiger partial charge in [0, 0.05) is 0 Å². The molecule has 4 nitrogen and oxygen atoms in total. The number of benzene rings is 1. The van der Waals surface area contributed by atoms with Crippen LogP contribution >= 0.6 is 11.3 Å². The van der Waals surface area contributed by atoms with Crippen LogP contribution in [-0.2, 0) is 22.6 Å². The first kappa shape index (κ1) is 18.4. The van der Waals surface area contributed by atoms with Crippen LogP contribution in [0.4, 0.5) is 0 Å². The summed E-state index contributed by atoms with van der Waals surface area (Å²) in [6, 6.07) is 11.4. The lowest BCUT2D eigenvalue weighted by molar-refractivity contribution is -0.885. The fraction of sp³-hybridized carbons (Fsp3) is 0.368. The first-order valence-electron chi connectivity index (χ1n) is 8.13. The molecule has 1 heterocycles. The maximum Gasteiger partial charge on any atom is 0.275 e. The molecule has 0 saturated heterocycles. The second-order valence-corrected chi connectivity index (χ2v) is 7.26. The molecule has 2 atom stereocenters. The van der Waals surface area contributed by atoms with Crippen molar-refractivity contribution in [2.24, 2.45) is 0 Å². The largest absolute Gasteiger partial charge is 0.341 e. The molecule has 1 unspecified atom stereocenters. The Balaban J connectivity index is 1.88. The van der Waals surface area contributed by atoms with Crippen molar-refractivity contribution in [3.8, 4) is 0 Å². The summed E-state index contributed by atoms with van der Waals surface area (Å²) in [7, 11) is 2.00. The Labute approximate surface area is 147 Å². The number of quaternary nitrogens is 1. The smallest absolute Gasteiger partial charge is 0.275 e. The summed E-state index contributed by atoms with van der Waals surface area (Å²) in [5.41, 5.74) is 2.32. The molecule has 0 aliphatic heterocycles. The lowest BCUT2D eigenvalue weighted by atomic mass is 10.0. The van der Waals surface area contributed by atoms with Crippen LogP contribution in [0.1, 0.15) is 22.9 Å². The molecule has 0 spiro atoms. The third-order valence-corrected chi connectivity index (χ3v) is 5.02. The number of likely N-dealkylation sites (N-methyl/N-ethyl adjacent to an activating group) is 1. The van der Waals surface area contributed by atoms with Crippen molar-refractivity contribution in [1.82, 2.24) is 5.32 Å². The quantitative estimate of drug-likeness (QED) is 0.760. The number of ketones is 1. The molecule has 1 amide bonds. The number of carbonyl (C=O) groups is 2. The molecule has 0 aliphatic rings. The van der Waals surface area contributed by atoms with E-state index in [2.05, 4.69) is 23.7 Å². The molecule has 1 aromatic heterocycles. The van der Waals surface area contributed by atoms with E-state index < -0.39 is 6.04 Å². The van der Waals surface area contributed by atoms with Crippen molar-refractivity contribution in [2.75, 3.05) is 13.6 Å². The van der Waals surface area contributed by atoms with Gasteiger partial charge in [-0.2, -0.15) is 0 Å². The number of aryl methyl sites for hydroxylation is 1. The van der Waals surface area contributed by atoms with Crippen LogP contribution in [0.2, 0.25) is 0 Å². The van der Waals surface area contributed by atoms with E-state index in [1.165, 1.54) is 17.4 Å². The summed E-state index contributed by atoms with van der Waals surface area (Å²) >= 11 is 1.72. The van der Waals surface area contributed by atoms with Crippen molar-refractivity contribution in [3.05, 3.63) is 57.8 Å². The third kappa shape index (κ3) is 5.58. The van der Waals surface area contributed by atoms with Gasteiger partial charge in [0.05, 0.1) is 18.0 Å². The number of Topliss-reactive ketones (excluding diaryl/α,β-unsaturated/α-hetero) is 1. The fourth-order valence-electron chi connectivity index (χ4n) is 2.59. The molecule has 0 bridgehead atoms. The normalized spacial score (nSPS) is 13.3. The molecule has 2 N–H and O–H groups in total. The van der Waals surface area contributed by atoms with Gasteiger partial charge < -0.3 is 10.2 Å². The standard InChI is InChI=1S/C19H24N2O2S/c1-14-9-10-24-18(14)12-21(3)13-19(23)20-17(15(2)22)11-16-7-5-4-6-8-16/h4-10,17H,11-13H2,1-3H3,(H,20,23)/p+1/t17-/m0/s1. The summed E-state index contributed by atoms with van der Waals surface area (Å²) in [5.74, 6) is -0.100. The predicted molar refractivity (Wildman–Crippen MR) is 97.3 cm³/mol. The number of rotatable bonds is 8. The van der Waals surface area contributed by atoms with Crippen LogP contribution < -0.4 is 10.2 Å². The Kier molecular flexibility index (Phi) is 6.70. The van der Waals surface area contributed by atoms with E-state index >= 15 is 0 Å². The van der Waals surface area contributed by atoms with Gasteiger partial charge in [0.25, 0.3) is 5.91 Å². The van der Waals surface area contributed by atoms with Crippen molar-refractivity contribution in [1.29, 1.82) is 0 Å². The van der Waals surface area contributed by atoms with Gasteiger partial charge in [0.1, 0.15) is 6.54 Å². The second-order valence-electron chi connectivity index (χ2n) is 6.26. The molecule has 2 aromatic rings. The van der Waals surface area contributed by atoms with Crippen LogP contribution in [-0.4, -0.2) is 31.3 Å². The molecular weight excluding hydrogens is 320 g/mol. The number of carbonyl (C=O) groups excluding carboxylic acids is 2. The van der Waals surface area contributed by atoms with Gasteiger partial charge in [-0.05, 0) is 42.8 Å². The van der Waals surface area contributed by atoms with Gasteiger partial charge in [0.2, 0.25) is 0 Å².